The summed E-state index contributed by atoms with van der Waals surface area (Å²) in [4.78, 5) is 4.62. The molecule has 0 bridgehead atoms. The second kappa shape index (κ2) is 8.30. The van der Waals surface area contributed by atoms with Gasteiger partial charge in [0.05, 0.1) is 6.54 Å². The molecule has 26 heavy (non-hydrogen) atoms. The molecular weight excluding hydrogens is 369 g/mol. The maximum Gasteiger partial charge on any atom is 0.193 e. The summed E-state index contributed by atoms with van der Waals surface area (Å²) in [5.41, 5.74) is 9.08. The molecule has 1 fully saturated rings. The molecule has 0 saturated carbocycles. The molecule has 0 amide bonds. The minimum absolute atomic E-state index is 0.196. The fourth-order valence-electron chi connectivity index (χ4n) is 3.34. The van der Waals surface area contributed by atoms with E-state index in [-0.39, 0.29) is 5.41 Å². The van der Waals surface area contributed by atoms with Gasteiger partial charge in [0.25, 0.3) is 0 Å². The van der Waals surface area contributed by atoms with Crippen LogP contribution in [0.15, 0.2) is 47.5 Å². The average molecular weight is 392 g/mol. The molecule has 2 aromatic carbocycles. The SMILES string of the molecule is Cc1cccc(NC(N)=NCC2(c3ccc(Cl)cc3Cl)CCOCC2)c1. The van der Waals surface area contributed by atoms with E-state index in [0.29, 0.717) is 35.8 Å². The Hall–Kier alpha value is -1.75. The second-order valence-corrected chi connectivity index (χ2v) is 7.56. The van der Waals surface area contributed by atoms with Crippen LogP contribution in [0.4, 0.5) is 5.69 Å². The minimum Gasteiger partial charge on any atom is -0.381 e. The fourth-order valence-corrected chi connectivity index (χ4v) is 3.95. The van der Waals surface area contributed by atoms with Gasteiger partial charge in [-0.25, -0.2) is 0 Å². The first-order chi connectivity index (χ1) is 12.5. The lowest BCUT2D eigenvalue weighted by atomic mass is 9.74. The van der Waals surface area contributed by atoms with Crippen LogP contribution in [0.3, 0.4) is 0 Å². The van der Waals surface area contributed by atoms with E-state index in [4.69, 9.17) is 33.7 Å². The first-order valence-electron chi connectivity index (χ1n) is 8.65. The van der Waals surface area contributed by atoms with Crippen molar-refractivity contribution in [3.63, 3.8) is 0 Å². The highest BCUT2D eigenvalue weighted by atomic mass is 35.5. The van der Waals surface area contributed by atoms with E-state index in [0.717, 1.165) is 29.7 Å². The van der Waals surface area contributed by atoms with Crippen molar-refractivity contribution in [1.82, 2.24) is 0 Å². The number of hydrogen-bond acceptors (Lipinski definition) is 2. The van der Waals surface area contributed by atoms with Crippen molar-refractivity contribution in [2.45, 2.75) is 25.2 Å². The maximum absolute atomic E-state index is 6.49. The van der Waals surface area contributed by atoms with E-state index >= 15 is 0 Å². The summed E-state index contributed by atoms with van der Waals surface area (Å²) in [5.74, 6) is 0.395. The molecule has 3 rings (SSSR count). The summed E-state index contributed by atoms with van der Waals surface area (Å²) in [6, 6.07) is 13.7. The van der Waals surface area contributed by atoms with Crippen LogP contribution in [-0.2, 0) is 10.2 Å². The summed E-state index contributed by atoms with van der Waals surface area (Å²) in [7, 11) is 0. The van der Waals surface area contributed by atoms with E-state index in [1.807, 2.05) is 43.3 Å². The van der Waals surface area contributed by atoms with Crippen LogP contribution in [0.1, 0.15) is 24.0 Å². The van der Waals surface area contributed by atoms with Gasteiger partial charge in [0, 0.05) is 34.4 Å². The molecule has 0 aliphatic carbocycles. The lowest BCUT2D eigenvalue weighted by Crippen LogP contribution is -2.38. The van der Waals surface area contributed by atoms with Crippen LogP contribution in [0.5, 0.6) is 0 Å². The molecule has 0 atom stereocenters. The lowest BCUT2D eigenvalue weighted by molar-refractivity contribution is 0.0532. The van der Waals surface area contributed by atoms with Crippen LogP contribution >= 0.6 is 23.2 Å². The van der Waals surface area contributed by atoms with Gasteiger partial charge in [-0.2, -0.15) is 0 Å². The molecule has 1 aliphatic heterocycles. The first kappa shape index (κ1) is 19.0. The molecule has 1 heterocycles. The second-order valence-electron chi connectivity index (χ2n) is 6.71. The monoisotopic (exact) mass is 391 g/mol. The molecule has 2 aromatic rings. The van der Waals surface area contributed by atoms with Gasteiger partial charge in [-0.05, 0) is 55.2 Å². The predicted molar refractivity (Wildman–Crippen MR) is 109 cm³/mol. The van der Waals surface area contributed by atoms with Crippen molar-refractivity contribution < 1.29 is 4.74 Å². The Morgan fingerprint density at radius 2 is 1.96 bits per heavy atom. The zero-order chi connectivity index (χ0) is 18.6. The highest BCUT2D eigenvalue weighted by Gasteiger charge is 2.36. The van der Waals surface area contributed by atoms with Crippen molar-refractivity contribution in [2.75, 3.05) is 25.1 Å². The number of rotatable bonds is 4. The van der Waals surface area contributed by atoms with Crippen molar-refractivity contribution in [2.24, 2.45) is 10.7 Å². The summed E-state index contributed by atoms with van der Waals surface area (Å²) in [6.07, 6.45) is 1.69. The third-order valence-corrected chi connectivity index (χ3v) is 5.34. The van der Waals surface area contributed by atoms with Crippen LogP contribution in [0.25, 0.3) is 0 Å². The average Bonchev–Trinajstić information content (AvgIpc) is 2.61. The number of anilines is 1. The first-order valence-corrected chi connectivity index (χ1v) is 9.41. The van der Waals surface area contributed by atoms with E-state index in [2.05, 4.69) is 10.3 Å². The molecule has 0 radical (unpaired) electrons. The Morgan fingerprint density at radius 3 is 2.65 bits per heavy atom. The number of aryl methyl sites for hydroxylation is 1. The van der Waals surface area contributed by atoms with Gasteiger partial charge in [-0.1, -0.05) is 41.4 Å². The maximum atomic E-state index is 6.49. The van der Waals surface area contributed by atoms with Crippen LogP contribution < -0.4 is 11.1 Å². The molecule has 138 valence electrons. The Morgan fingerprint density at radius 1 is 1.19 bits per heavy atom. The number of nitrogens with two attached hydrogens (primary N) is 1. The van der Waals surface area contributed by atoms with Gasteiger partial charge < -0.3 is 15.8 Å². The topological polar surface area (TPSA) is 59.6 Å². The molecule has 6 heteroatoms. The molecule has 1 saturated heterocycles. The Labute approximate surface area is 164 Å². The number of ether oxygens (including phenoxy) is 1. The molecule has 4 nitrogen and oxygen atoms in total. The minimum atomic E-state index is -0.196. The lowest BCUT2D eigenvalue weighted by Gasteiger charge is -2.37. The largest absolute Gasteiger partial charge is 0.381 e. The van der Waals surface area contributed by atoms with Gasteiger partial charge in [0.1, 0.15) is 0 Å². The Bertz CT molecular complexity index is 801. The van der Waals surface area contributed by atoms with E-state index in [9.17, 15) is 0 Å². The normalized spacial score (nSPS) is 17.1. The fraction of sp³-hybridized carbons (Fsp3) is 0.350. The zero-order valence-corrected chi connectivity index (χ0v) is 16.3. The van der Waals surface area contributed by atoms with Crippen molar-refractivity contribution >= 4 is 34.8 Å². The van der Waals surface area contributed by atoms with Gasteiger partial charge in [0.15, 0.2) is 5.96 Å². The molecule has 1 aliphatic rings. The van der Waals surface area contributed by atoms with Crippen LogP contribution in [0, 0.1) is 6.92 Å². The van der Waals surface area contributed by atoms with E-state index in [1.54, 1.807) is 6.07 Å². The van der Waals surface area contributed by atoms with E-state index in [1.165, 1.54) is 0 Å². The van der Waals surface area contributed by atoms with Crippen LogP contribution in [0.2, 0.25) is 10.0 Å². The third kappa shape index (κ3) is 4.50. The van der Waals surface area contributed by atoms with Gasteiger partial charge in [-0.15, -0.1) is 0 Å². The van der Waals surface area contributed by atoms with Gasteiger partial charge in [0.2, 0.25) is 0 Å². The number of nitrogens with one attached hydrogen (secondary N) is 1. The molecule has 0 aromatic heterocycles. The molecule has 0 unspecified atom stereocenters. The number of hydrogen-bond donors (Lipinski definition) is 2. The summed E-state index contributed by atoms with van der Waals surface area (Å²) >= 11 is 12.6. The number of nitrogens with zero attached hydrogens (tertiary/aromatic N) is 1. The van der Waals surface area contributed by atoms with Gasteiger partial charge in [-0.3, -0.25) is 4.99 Å². The van der Waals surface area contributed by atoms with Crippen molar-refractivity contribution in [3.05, 3.63) is 63.6 Å². The standard InChI is InChI=1S/C20H23Cl2N3O/c1-14-3-2-4-16(11-14)25-19(23)24-13-20(7-9-26-10-8-20)17-6-5-15(21)12-18(17)22/h2-6,11-12H,7-10,13H2,1H3,(H3,23,24,25). The smallest absolute Gasteiger partial charge is 0.193 e. The number of guanidine groups is 1. The van der Waals surface area contributed by atoms with Crippen molar-refractivity contribution in [1.29, 1.82) is 0 Å². The highest BCUT2D eigenvalue weighted by Crippen LogP contribution is 2.39. The van der Waals surface area contributed by atoms with Gasteiger partial charge >= 0.3 is 0 Å². The van der Waals surface area contributed by atoms with Crippen LogP contribution in [-0.4, -0.2) is 25.7 Å². The summed E-state index contributed by atoms with van der Waals surface area (Å²) in [5, 5.41) is 4.45. The number of benzene rings is 2. The zero-order valence-electron chi connectivity index (χ0n) is 14.8. The number of aliphatic imine (C=N–C) groups is 1. The number of halogens is 2. The Balaban J connectivity index is 1.82. The third-order valence-electron chi connectivity index (χ3n) is 4.79. The highest BCUT2D eigenvalue weighted by molar-refractivity contribution is 6.35. The quantitative estimate of drug-likeness (QED) is 0.582. The van der Waals surface area contributed by atoms with Crippen molar-refractivity contribution in [3.8, 4) is 0 Å². The summed E-state index contributed by atoms with van der Waals surface area (Å²) in [6.45, 7) is 3.94. The molecule has 0 spiro atoms. The molecular formula is C20H23Cl2N3O. The molecule has 3 N–H and O–H groups in total. The van der Waals surface area contributed by atoms with E-state index < -0.39 is 0 Å². The Kier molecular flexibility index (Phi) is 6.07. The predicted octanol–water partition coefficient (Wildman–Crippen LogP) is 4.78. The summed E-state index contributed by atoms with van der Waals surface area (Å²) < 4.78 is 5.56.